The van der Waals surface area contributed by atoms with Crippen LogP contribution in [0.2, 0.25) is 0 Å². The average Bonchev–Trinajstić information content (AvgIpc) is 2.78. The Balaban J connectivity index is 1.89. The molecule has 1 unspecified atom stereocenters. The first-order valence-electron chi connectivity index (χ1n) is 6.48. The third kappa shape index (κ3) is 2.87. The number of nitrogens with zero attached hydrogens (tertiary/aromatic N) is 1. The molecule has 1 heterocycles. The highest BCUT2D eigenvalue weighted by Crippen LogP contribution is 2.37. The van der Waals surface area contributed by atoms with Crippen LogP contribution >= 0.6 is 11.3 Å². The van der Waals surface area contributed by atoms with E-state index in [0.717, 1.165) is 35.9 Å². The van der Waals surface area contributed by atoms with E-state index in [1.54, 1.807) is 0 Å². The molecule has 3 rings (SSSR count). The highest BCUT2D eigenvalue weighted by Gasteiger charge is 2.30. The van der Waals surface area contributed by atoms with E-state index in [9.17, 15) is 18.7 Å². The summed E-state index contributed by atoms with van der Waals surface area (Å²) >= 11 is 1.33. The van der Waals surface area contributed by atoms with Crippen molar-refractivity contribution in [3.63, 3.8) is 0 Å². The van der Waals surface area contributed by atoms with Crippen LogP contribution in [-0.4, -0.2) is 16.1 Å². The maximum atomic E-state index is 13.2. The van der Waals surface area contributed by atoms with E-state index < -0.39 is 23.5 Å². The summed E-state index contributed by atoms with van der Waals surface area (Å²) in [5, 5.41) is 12.5. The number of carboxylic acid groups (broad SMARTS) is 1. The summed E-state index contributed by atoms with van der Waals surface area (Å²) in [7, 11) is 0. The van der Waals surface area contributed by atoms with Crippen LogP contribution in [0.15, 0.2) is 18.2 Å². The molecule has 1 aliphatic carbocycles. The van der Waals surface area contributed by atoms with Gasteiger partial charge in [0, 0.05) is 16.6 Å². The summed E-state index contributed by atoms with van der Waals surface area (Å²) in [6, 6.07) is 3.12. The SMILES string of the molecule is O=C(O)C1CCCc2sc(Nc3cc(F)cc(F)c3)nc21. The van der Waals surface area contributed by atoms with Gasteiger partial charge in [0.1, 0.15) is 17.6 Å². The number of anilines is 2. The fourth-order valence-electron chi connectivity index (χ4n) is 2.46. The number of benzene rings is 1. The molecule has 0 radical (unpaired) electrons. The number of carbonyl (C=O) groups is 1. The number of rotatable bonds is 3. The maximum Gasteiger partial charge on any atom is 0.312 e. The molecule has 0 aliphatic heterocycles. The molecule has 0 saturated carbocycles. The molecule has 0 amide bonds. The van der Waals surface area contributed by atoms with E-state index >= 15 is 0 Å². The first-order chi connectivity index (χ1) is 10.0. The molecule has 2 aromatic rings. The predicted octanol–water partition coefficient (Wildman–Crippen LogP) is 3.67. The van der Waals surface area contributed by atoms with Crippen molar-refractivity contribution >= 4 is 28.1 Å². The van der Waals surface area contributed by atoms with Gasteiger partial charge in [-0.2, -0.15) is 0 Å². The fourth-order valence-corrected chi connectivity index (χ4v) is 3.55. The van der Waals surface area contributed by atoms with Gasteiger partial charge in [0.05, 0.1) is 5.69 Å². The Bertz CT molecular complexity index is 682. The zero-order chi connectivity index (χ0) is 15.0. The molecule has 21 heavy (non-hydrogen) atoms. The molecule has 7 heteroatoms. The van der Waals surface area contributed by atoms with Gasteiger partial charge in [-0.3, -0.25) is 4.79 Å². The largest absolute Gasteiger partial charge is 0.481 e. The number of aromatic nitrogens is 1. The molecule has 1 atom stereocenters. The minimum absolute atomic E-state index is 0.255. The highest BCUT2D eigenvalue weighted by atomic mass is 32.1. The number of aryl methyl sites for hydroxylation is 1. The van der Waals surface area contributed by atoms with Crippen molar-refractivity contribution in [2.45, 2.75) is 25.2 Å². The lowest BCUT2D eigenvalue weighted by atomic mass is 9.91. The van der Waals surface area contributed by atoms with Crippen LogP contribution in [0.1, 0.15) is 29.3 Å². The smallest absolute Gasteiger partial charge is 0.312 e. The molecule has 0 bridgehead atoms. The number of hydrogen-bond donors (Lipinski definition) is 2. The minimum atomic E-state index is -0.885. The number of thiazole rings is 1. The number of nitrogens with one attached hydrogen (secondary N) is 1. The van der Waals surface area contributed by atoms with Crippen LogP contribution in [0, 0.1) is 11.6 Å². The van der Waals surface area contributed by atoms with Gasteiger partial charge in [-0.25, -0.2) is 13.8 Å². The Morgan fingerprint density at radius 3 is 2.71 bits per heavy atom. The first-order valence-corrected chi connectivity index (χ1v) is 7.30. The summed E-state index contributed by atoms with van der Waals surface area (Å²) in [5.41, 5.74) is 0.823. The molecule has 2 N–H and O–H groups in total. The van der Waals surface area contributed by atoms with Crippen LogP contribution in [0.4, 0.5) is 19.6 Å². The van der Waals surface area contributed by atoms with E-state index in [1.807, 2.05) is 0 Å². The molecule has 110 valence electrons. The average molecular weight is 310 g/mol. The quantitative estimate of drug-likeness (QED) is 0.908. The second kappa shape index (κ2) is 5.40. The van der Waals surface area contributed by atoms with E-state index in [-0.39, 0.29) is 5.69 Å². The van der Waals surface area contributed by atoms with Crippen molar-refractivity contribution in [3.05, 3.63) is 40.4 Å². The lowest BCUT2D eigenvalue weighted by Gasteiger charge is -2.16. The maximum absolute atomic E-state index is 13.2. The molecular formula is C14H12F2N2O2S. The topological polar surface area (TPSA) is 62.2 Å². The predicted molar refractivity (Wildman–Crippen MR) is 75.1 cm³/mol. The van der Waals surface area contributed by atoms with Crippen molar-refractivity contribution in [3.8, 4) is 0 Å². The fraction of sp³-hybridized carbons (Fsp3) is 0.286. The van der Waals surface area contributed by atoms with Crippen molar-refractivity contribution in [2.75, 3.05) is 5.32 Å². The Morgan fingerprint density at radius 2 is 2.05 bits per heavy atom. The van der Waals surface area contributed by atoms with Crippen LogP contribution in [0.25, 0.3) is 0 Å². The molecular weight excluding hydrogens is 298 g/mol. The highest BCUT2D eigenvalue weighted by molar-refractivity contribution is 7.15. The van der Waals surface area contributed by atoms with Gasteiger partial charge < -0.3 is 10.4 Å². The number of fused-ring (bicyclic) bond motifs is 1. The number of aliphatic carboxylic acids is 1. The number of halogens is 2. The van der Waals surface area contributed by atoms with Crippen molar-refractivity contribution in [1.29, 1.82) is 0 Å². The van der Waals surface area contributed by atoms with Crippen LogP contribution in [0.5, 0.6) is 0 Å². The van der Waals surface area contributed by atoms with Crippen LogP contribution in [0.3, 0.4) is 0 Å². The molecule has 0 saturated heterocycles. The standard InChI is InChI=1S/C14H12F2N2O2S/c15-7-4-8(16)6-9(5-7)17-14-18-12-10(13(19)20)2-1-3-11(12)21-14/h4-6,10H,1-3H2,(H,17,18)(H,19,20). The minimum Gasteiger partial charge on any atom is -0.481 e. The molecule has 1 aromatic heterocycles. The van der Waals surface area contributed by atoms with Gasteiger partial charge in [-0.05, 0) is 31.4 Å². The van der Waals surface area contributed by atoms with Crippen molar-refractivity contribution in [2.24, 2.45) is 0 Å². The summed E-state index contributed by atoms with van der Waals surface area (Å²) in [5.74, 6) is -2.83. The first kappa shape index (κ1) is 13.9. The van der Waals surface area contributed by atoms with Crippen LogP contribution < -0.4 is 5.32 Å². The van der Waals surface area contributed by atoms with E-state index in [0.29, 0.717) is 17.2 Å². The van der Waals surface area contributed by atoms with Gasteiger partial charge in [-0.1, -0.05) is 0 Å². The lowest BCUT2D eigenvalue weighted by Crippen LogP contribution is -2.17. The zero-order valence-corrected chi connectivity index (χ0v) is 11.7. The second-order valence-electron chi connectivity index (χ2n) is 4.89. The molecule has 0 fully saturated rings. The zero-order valence-electron chi connectivity index (χ0n) is 10.9. The van der Waals surface area contributed by atoms with E-state index in [1.165, 1.54) is 11.3 Å². The summed E-state index contributed by atoms with van der Waals surface area (Å²) < 4.78 is 26.3. The number of hydrogen-bond acceptors (Lipinski definition) is 4. The van der Waals surface area contributed by atoms with Crippen molar-refractivity contribution < 1.29 is 18.7 Å². The van der Waals surface area contributed by atoms with E-state index in [2.05, 4.69) is 10.3 Å². The third-order valence-electron chi connectivity index (χ3n) is 3.37. The Morgan fingerprint density at radius 1 is 1.33 bits per heavy atom. The molecule has 1 aliphatic rings. The Kier molecular flexibility index (Phi) is 3.59. The number of carboxylic acids is 1. The molecule has 0 spiro atoms. The summed E-state index contributed by atoms with van der Waals surface area (Å²) in [6.07, 6.45) is 2.16. The van der Waals surface area contributed by atoms with Crippen molar-refractivity contribution in [1.82, 2.24) is 4.98 Å². The Labute approximate surface area is 123 Å². The molecule has 4 nitrogen and oxygen atoms in total. The normalized spacial score (nSPS) is 17.3. The van der Waals surface area contributed by atoms with Crippen LogP contribution in [-0.2, 0) is 11.2 Å². The van der Waals surface area contributed by atoms with Gasteiger partial charge in [0.15, 0.2) is 5.13 Å². The second-order valence-corrected chi connectivity index (χ2v) is 5.98. The molecule has 1 aromatic carbocycles. The Hall–Kier alpha value is -2.02. The van der Waals surface area contributed by atoms with E-state index in [4.69, 9.17) is 0 Å². The summed E-state index contributed by atoms with van der Waals surface area (Å²) in [4.78, 5) is 16.4. The summed E-state index contributed by atoms with van der Waals surface area (Å²) in [6.45, 7) is 0. The van der Waals surface area contributed by atoms with Gasteiger partial charge in [-0.15, -0.1) is 11.3 Å². The third-order valence-corrected chi connectivity index (χ3v) is 4.41. The van der Waals surface area contributed by atoms with Gasteiger partial charge >= 0.3 is 5.97 Å². The van der Waals surface area contributed by atoms with Gasteiger partial charge in [0.2, 0.25) is 0 Å². The lowest BCUT2D eigenvalue weighted by molar-refractivity contribution is -0.139. The monoisotopic (exact) mass is 310 g/mol. The van der Waals surface area contributed by atoms with Gasteiger partial charge in [0.25, 0.3) is 0 Å².